The zero-order valence-corrected chi connectivity index (χ0v) is 25.1. The van der Waals surface area contributed by atoms with E-state index in [0.29, 0.717) is 66.8 Å². The number of halogens is 6. The van der Waals surface area contributed by atoms with Gasteiger partial charge in [-0.1, -0.05) is 11.6 Å². The number of aromatic amines is 1. The molecule has 46 heavy (non-hydrogen) atoms. The number of fused-ring (bicyclic) bond motifs is 2. The van der Waals surface area contributed by atoms with Crippen molar-refractivity contribution in [2.45, 2.75) is 58.3 Å². The molecule has 0 unspecified atom stereocenters. The number of nitrogens with one attached hydrogen (secondary N) is 1. The lowest BCUT2D eigenvalue weighted by Crippen LogP contribution is -2.34. The second-order valence-corrected chi connectivity index (χ2v) is 11.7. The molecule has 2 aliphatic heterocycles. The molecule has 0 aliphatic carbocycles. The van der Waals surface area contributed by atoms with Crippen LogP contribution in [0.1, 0.15) is 40.5 Å². The van der Waals surface area contributed by atoms with Crippen LogP contribution in [0.25, 0.3) is 22.6 Å². The summed E-state index contributed by atoms with van der Waals surface area (Å²) in [5, 5.41) is 6.81. The zero-order valence-electron chi connectivity index (χ0n) is 24.3. The Morgan fingerprint density at radius 3 is 2.57 bits per heavy atom. The molecular formula is C30H26ClF5N8O2. The Hall–Kier alpha value is -4.21. The number of imidazole rings is 1. The van der Waals surface area contributed by atoms with Crippen LogP contribution >= 0.6 is 11.6 Å². The van der Waals surface area contributed by atoms with Crippen molar-refractivity contribution in [3.05, 3.63) is 81.2 Å². The Bertz CT molecular complexity index is 1920. The van der Waals surface area contributed by atoms with Crippen LogP contribution in [0.2, 0.25) is 5.02 Å². The zero-order chi connectivity index (χ0) is 32.2. The van der Waals surface area contributed by atoms with Crippen molar-refractivity contribution < 1.29 is 31.4 Å². The lowest BCUT2D eigenvalue weighted by Gasteiger charge is -2.30. The number of rotatable bonds is 8. The van der Waals surface area contributed by atoms with Crippen molar-refractivity contribution in [2.75, 3.05) is 13.2 Å². The van der Waals surface area contributed by atoms with E-state index in [4.69, 9.17) is 26.1 Å². The molecule has 2 aliphatic rings. The molecule has 7 rings (SSSR count). The Balaban J connectivity index is 1.17. The van der Waals surface area contributed by atoms with Gasteiger partial charge in [-0.2, -0.15) is 18.3 Å². The molecule has 1 N–H and O–H groups in total. The van der Waals surface area contributed by atoms with Gasteiger partial charge in [0.15, 0.2) is 5.82 Å². The minimum Gasteiger partial charge on any atom is -0.472 e. The topological polar surface area (TPSA) is 107 Å². The molecule has 0 saturated carbocycles. The van der Waals surface area contributed by atoms with Crippen LogP contribution in [-0.4, -0.2) is 58.9 Å². The third kappa shape index (κ3) is 6.01. The quantitative estimate of drug-likeness (QED) is 0.208. The predicted molar refractivity (Wildman–Crippen MR) is 155 cm³/mol. The fourth-order valence-corrected chi connectivity index (χ4v) is 5.80. The molecule has 0 spiro atoms. The van der Waals surface area contributed by atoms with E-state index in [1.807, 2.05) is 11.0 Å². The number of alkyl halides is 3. The molecule has 0 radical (unpaired) electrons. The highest BCUT2D eigenvalue weighted by molar-refractivity contribution is 6.30. The maximum atomic E-state index is 14.3. The summed E-state index contributed by atoms with van der Waals surface area (Å²) in [7, 11) is 0. The molecule has 10 nitrogen and oxygen atoms in total. The predicted octanol–water partition coefficient (Wildman–Crippen LogP) is 5.80. The Labute approximate surface area is 263 Å². The first-order valence-corrected chi connectivity index (χ1v) is 14.8. The molecular weight excluding hydrogens is 635 g/mol. The Morgan fingerprint density at radius 1 is 1.11 bits per heavy atom. The van der Waals surface area contributed by atoms with Crippen molar-refractivity contribution >= 4 is 22.6 Å². The molecule has 240 valence electrons. The van der Waals surface area contributed by atoms with E-state index in [9.17, 15) is 22.0 Å². The summed E-state index contributed by atoms with van der Waals surface area (Å²) in [5.41, 5.74) is 1.21. The summed E-state index contributed by atoms with van der Waals surface area (Å²) in [6, 6.07) is 4.55. The van der Waals surface area contributed by atoms with Gasteiger partial charge in [-0.25, -0.2) is 23.7 Å². The number of benzene rings is 1. The Kier molecular flexibility index (Phi) is 7.85. The highest BCUT2D eigenvalue weighted by Gasteiger charge is 2.37. The van der Waals surface area contributed by atoms with Crippen molar-refractivity contribution in [2.24, 2.45) is 0 Å². The molecule has 16 heteroatoms. The van der Waals surface area contributed by atoms with E-state index in [1.165, 1.54) is 0 Å². The number of hydrogen-bond acceptors (Lipinski definition) is 8. The largest absolute Gasteiger partial charge is 0.472 e. The molecule has 4 aromatic heterocycles. The summed E-state index contributed by atoms with van der Waals surface area (Å²) in [4.78, 5) is 20.1. The fraction of sp³-hybridized carbons (Fsp3) is 0.367. The van der Waals surface area contributed by atoms with Crippen molar-refractivity contribution in [1.82, 2.24) is 39.6 Å². The van der Waals surface area contributed by atoms with Gasteiger partial charge in [-0.15, -0.1) is 0 Å². The fourth-order valence-electron chi connectivity index (χ4n) is 5.60. The average molecular weight is 661 g/mol. The normalized spacial score (nSPS) is 16.9. The first-order chi connectivity index (χ1) is 22.0. The summed E-state index contributed by atoms with van der Waals surface area (Å²) < 4.78 is 83.7. The van der Waals surface area contributed by atoms with Crippen LogP contribution in [0.3, 0.4) is 0 Å². The van der Waals surface area contributed by atoms with Gasteiger partial charge in [0.1, 0.15) is 41.1 Å². The number of H-pyrrole nitrogens is 1. The molecule has 1 saturated heterocycles. The van der Waals surface area contributed by atoms with Crippen molar-refractivity contribution in [3.63, 3.8) is 0 Å². The monoisotopic (exact) mass is 660 g/mol. The Morgan fingerprint density at radius 2 is 1.89 bits per heavy atom. The van der Waals surface area contributed by atoms with Gasteiger partial charge in [0.25, 0.3) is 0 Å². The molecule has 5 aromatic rings. The van der Waals surface area contributed by atoms with Gasteiger partial charge in [0.05, 0.1) is 47.7 Å². The average Bonchev–Trinajstić information content (AvgIpc) is 3.55. The van der Waals surface area contributed by atoms with E-state index in [2.05, 4.69) is 29.7 Å². The van der Waals surface area contributed by atoms with E-state index < -0.39 is 41.4 Å². The number of aryl methyl sites for hydroxylation is 1. The number of ether oxygens (including phenoxy) is 2. The molecule has 6 heterocycles. The summed E-state index contributed by atoms with van der Waals surface area (Å²) in [5.74, 6) is -0.973. The first-order valence-electron chi connectivity index (χ1n) is 14.5. The summed E-state index contributed by atoms with van der Waals surface area (Å²) >= 11 is 5.67. The van der Waals surface area contributed by atoms with Crippen molar-refractivity contribution in [3.8, 4) is 17.4 Å². The van der Waals surface area contributed by atoms with Crippen molar-refractivity contribution in [1.29, 1.82) is 0 Å². The van der Waals surface area contributed by atoms with Crippen LogP contribution in [-0.2, 0) is 43.6 Å². The molecule has 1 fully saturated rings. The first kappa shape index (κ1) is 30.4. The molecule has 0 bridgehead atoms. The van der Waals surface area contributed by atoms with Gasteiger partial charge in [0, 0.05) is 24.7 Å². The van der Waals surface area contributed by atoms with E-state index in [0.717, 1.165) is 36.0 Å². The second-order valence-electron chi connectivity index (χ2n) is 11.3. The number of aromatic nitrogens is 7. The second kappa shape index (κ2) is 11.9. The van der Waals surface area contributed by atoms with Crippen LogP contribution in [0.15, 0.2) is 30.5 Å². The third-order valence-corrected chi connectivity index (χ3v) is 8.29. The van der Waals surface area contributed by atoms with Gasteiger partial charge in [0.2, 0.25) is 5.88 Å². The van der Waals surface area contributed by atoms with Crippen LogP contribution in [0.4, 0.5) is 22.0 Å². The number of pyridine rings is 2. The number of hydrogen-bond donors (Lipinski definition) is 1. The lowest BCUT2D eigenvalue weighted by atomic mass is 10.0. The van der Waals surface area contributed by atoms with E-state index in [-0.39, 0.29) is 17.7 Å². The van der Waals surface area contributed by atoms with E-state index >= 15 is 0 Å². The van der Waals surface area contributed by atoms with Crippen LogP contribution in [0, 0.1) is 18.6 Å². The van der Waals surface area contributed by atoms with Crippen LogP contribution < -0.4 is 4.74 Å². The maximum absolute atomic E-state index is 14.3. The molecule has 1 atom stereocenters. The standard InChI is InChI=1S/C30H26ClF5N8O2/c1-15-38-28(42-41-15)24-9-23-26(10-37-24)44(11-18-3-5-45-18)27(39-23)13-43-4-2-16-6-20(30(34,35)36)29(40-25(16)12-43)46-14-19-21(32)7-17(31)8-22(19)33/h6-10,18H,2-5,11-14H2,1H3,(H,38,41,42)/t18-/m0/s1. The van der Waals surface area contributed by atoms with Gasteiger partial charge in [-0.05, 0) is 49.6 Å². The smallest absolute Gasteiger partial charge is 0.421 e. The minimum absolute atomic E-state index is 0.0334. The highest BCUT2D eigenvalue weighted by atomic mass is 35.5. The molecule has 1 aromatic carbocycles. The number of nitrogens with zero attached hydrogens (tertiary/aromatic N) is 7. The van der Waals surface area contributed by atoms with Gasteiger partial charge in [-0.3, -0.25) is 15.0 Å². The highest BCUT2D eigenvalue weighted by Crippen LogP contribution is 2.38. The summed E-state index contributed by atoms with van der Waals surface area (Å²) in [6.45, 7) is 3.28. The molecule has 0 amide bonds. The van der Waals surface area contributed by atoms with Gasteiger partial charge < -0.3 is 14.0 Å². The summed E-state index contributed by atoms with van der Waals surface area (Å²) in [6.07, 6.45) is -1.82. The van der Waals surface area contributed by atoms with E-state index in [1.54, 1.807) is 13.1 Å². The minimum atomic E-state index is -4.79. The lowest BCUT2D eigenvalue weighted by molar-refractivity contribution is -0.139. The van der Waals surface area contributed by atoms with Crippen LogP contribution in [0.5, 0.6) is 5.88 Å². The maximum Gasteiger partial charge on any atom is 0.421 e. The van der Waals surface area contributed by atoms with Gasteiger partial charge >= 0.3 is 6.18 Å². The third-order valence-electron chi connectivity index (χ3n) is 8.08. The SMILES string of the molecule is Cc1nc(-c2cc3nc(CN4CCc5cc(C(F)(F)F)c(OCc6c(F)cc(Cl)cc6F)nc5C4)n(C[C@@H]4CCO4)c3cn2)n[nH]1.